The first-order valence-corrected chi connectivity index (χ1v) is 10.7. The van der Waals surface area contributed by atoms with Crippen molar-refractivity contribution in [1.82, 2.24) is 4.90 Å². The van der Waals surface area contributed by atoms with Crippen LogP contribution < -0.4 is 10.2 Å². The molecule has 1 aliphatic heterocycles. The molecule has 31 heavy (non-hydrogen) atoms. The Bertz CT molecular complexity index is 923. The first-order valence-electron chi connectivity index (χ1n) is 10.7. The molecule has 1 saturated heterocycles. The van der Waals surface area contributed by atoms with Gasteiger partial charge in [-0.25, -0.2) is 8.78 Å². The molecule has 2 amide bonds. The van der Waals surface area contributed by atoms with Crippen LogP contribution in [0.25, 0.3) is 0 Å². The average molecular weight is 430 g/mol. The third-order valence-electron chi connectivity index (χ3n) is 5.75. The zero-order valence-electron chi connectivity index (χ0n) is 18.2. The minimum absolute atomic E-state index is 0.0796. The van der Waals surface area contributed by atoms with Gasteiger partial charge < -0.3 is 15.1 Å². The Morgan fingerprint density at radius 2 is 1.74 bits per heavy atom. The van der Waals surface area contributed by atoms with Crippen molar-refractivity contribution in [2.24, 2.45) is 5.92 Å². The standard InChI is InChI=1S/C24H29F2N3O2/c1-4-29(16(2)3)20-8-6-19(7-9-20)27-23(30)17-11-13-28(14-12-17)24(31)21-10-5-18(25)15-22(21)26/h5-10,15-17H,4,11-14H2,1-3H3,(H,27,30). The number of anilines is 2. The van der Waals surface area contributed by atoms with Crippen LogP contribution in [-0.2, 0) is 4.79 Å². The fraction of sp³-hybridized carbons (Fsp3) is 0.417. The van der Waals surface area contributed by atoms with E-state index in [-0.39, 0.29) is 17.4 Å². The van der Waals surface area contributed by atoms with Crippen LogP contribution in [0.1, 0.15) is 44.0 Å². The Balaban J connectivity index is 1.55. The summed E-state index contributed by atoms with van der Waals surface area (Å²) in [6.45, 7) is 8.00. The second-order valence-corrected chi connectivity index (χ2v) is 8.11. The van der Waals surface area contributed by atoms with Crippen LogP contribution in [0, 0.1) is 17.6 Å². The lowest BCUT2D eigenvalue weighted by atomic mass is 9.95. The van der Waals surface area contributed by atoms with Crippen molar-refractivity contribution < 1.29 is 18.4 Å². The van der Waals surface area contributed by atoms with Gasteiger partial charge in [-0.05, 0) is 70.0 Å². The monoisotopic (exact) mass is 429 g/mol. The number of piperidine rings is 1. The Kier molecular flexibility index (Phi) is 7.25. The summed E-state index contributed by atoms with van der Waals surface area (Å²) in [4.78, 5) is 29.0. The zero-order chi connectivity index (χ0) is 22.5. The quantitative estimate of drug-likeness (QED) is 0.725. The number of carbonyl (C=O) groups is 2. The summed E-state index contributed by atoms with van der Waals surface area (Å²) < 4.78 is 27.0. The number of carbonyl (C=O) groups excluding carboxylic acids is 2. The van der Waals surface area contributed by atoms with E-state index in [0.29, 0.717) is 38.0 Å². The largest absolute Gasteiger partial charge is 0.369 e. The maximum Gasteiger partial charge on any atom is 0.256 e. The first kappa shape index (κ1) is 22.7. The van der Waals surface area contributed by atoms with Gasteiger partial charge >= 0.3 is 0 Å². The maximum atomic E-state index is 13.9. The summed E-state index contributed by atoms with van der Waals surface area (Å²) in [5.41, 5.74) is 1.70. The van der Waals surface area contributed by atoms with Crippen molar-refractivity contribution in [3.05, 3.63) is 59.7 Å². The van der Waals surface area contributed by atoms with Crippen LogP contribution in [0.2, 0.25) is 0 Å². The van der Waals surface area contributed by atoms with Gasteiger partial charge in [0.2, 0.25) is 5.91 Å². The Morgan fingerprint density at radius 3 is 2.29 bits per heavy atom. The summed E-state index contributed by atoms with van der Waals surface area (Å²) >= 11 is 0. The second-order valence-electron chi connectivity index (χ2n) is 8.11. The summed E-state index contributed by atoms with van der Waals surface area (Å²) in [6.07, 6.45) is 0.991. The minimum Gasteiger partial charge on any atom is -0.369 e. The van der Waals surface area contributed by atoms with Gasteiger partial charge in [-0.3, -0.25) is 9.59 Å². The van der Waals surface area contributed by atoms with E-state index < -0.39 is 17.5 Å². The molecule has 7 heteroatoms. The molecule has 1 heterocycles. The van der Waals surface area contributed by atoms with Gasteiger partial charge in [-0.15, -0.1) is 0 Å². The predicted molar refractivity (Wildman–Crippen MR) is 118 cm³/mol. The Hall–Kier alpha value is -2.96. The molecule has 0 unspecified atom stereocenters. The molecule has 0 aromatic heterocycles. The van der Waals surface area contributed by atoms with Crippen molar-refractivity contribution in [3.63, 3.8) is 0 Å². The summed E-state index contributed by atoms with van der Waals surface area (Å²) in [5.74, 6) is -2.36. The number of amides is 2. The normalized spacial score (nSPS) is 14.6. The highest BCUT2D eigenvalue weighted by Crippen LogP contribution is 2.24. The zero-order valence-corrected chi connectivity index (χ0v) is 18.2. The van der Waals surface area contributed by atoms with Crippen LogP contribution in [0.5, 0.6) is 0 Å². The van der Waals surface area contributed by atoms with E-state index in [1.807, 2.05) is 24.3 Å². The molecule has 3 rings (SSSR count). The summed E-state index contributed by atoms with van der Waals surface area (Å²) in [6, 6.07) is 11.1. The van der Waals surface area contributed by atoms with Gasteiger partial charge in [0, 0.05) is 49.0 Å². The third kappa shape index (κ3) is 5.40. The average Bonchev–Trinajstić information content (AvgIpc) is 2.75. The number of hydrogen-bond acceptors (Lipinski definition) is 3. The van der Waals surface area contributed by atoms with Gasteiger partial charge in [-0.2, -0.15) is 0 Å². The highest BCUT2D eigenvalue weighted by atomic mass is 19.1. The molecule has 0 aliphatic carbocycles. The topological polar surface area (TPSA) is 52.7 Å². The minimum atomic E-state index is -0.868. The van der Waals surface area contributed by atoms with Gasteiger partial charge in [0.1, 0.15) is 11.6 Å². The molecule has 1 N–H and O–H groups in total. The first-order chi connectivity index (χ1) is 14.8. The van der Waals surface area contributed by atoms with Gasteiger partial charge in [0.15, 0.2) is 0 Å². The molecule has 0 saturated carbocycles. The lowest BCUT2D eigenvalue weighted by Gasteiger charge is -2.31. The number of rotatable bonds is 6. The smallest absolute Gasteiger partial charge is 0.256 e. The fourth-order valence-corrected chi connectivity index (χ4v) is 4.00. The highest BCUT2D eigenvalue weighted by Gasteiger charge is 2.29. The molecule has 0 atom stereocenters. The highest BCUT2D eigenvalue weighted by molar-refractivity contribution is 5.95. The molecule has 0 spiro atoms. The van der Waals surface area contributed by atoms with Gasteiger partial charge in [0.05, 0.1) is 5.56 Å². The molecule has 1 aliphatic rings. The van der Waals surface area contributed by atoms with Crippen LogP contribution in [0.3, 0.4) is 0 Å². The molecule has 1 fully saturated rings. The molecule has 5 nitrogen and oxygen atoms in total. The Morgan fingerprint density at radius 1 is 1.10 bits per heavy atom. The predicted octanol–water partition coefficient (Wildman–Crippen LogP) is 4.69. The van der Waals surface area contributed by atoms with Crippen LogP contribution in [0.4, 0.5) is 20.2 Å². The van der Waals surface area contributed by atoms with Crippen molar-refractivity contribution in [1.29, 1.82) is 0 Å². The SMILES string of the molecule is CCN(c1ccc(NC(=O)C2CCN(C(=O)c3ccc(F)cc3F)CC2)cc1)C(C)C. The van der Waals surface area contributed by atoms with Crippen molar-refractivity contribution in [2.75, 3.05) is 29.9 Å². The molecule has 166 valence electrons. The van der Waals surface area contributed by atoms with E-state index in [2.05, 4.69) is 31.0 Å². The number of benzene rings is 2. The van der Waals surface area contributed by atoms with Crippen LogP contribution in [0.15, 0.2) is 42.5 Å². The third-order valence-corrected chi connectivity index (χ3v) is 5.75. The Labute approximate surface area is 182 Å². The second kappa shape index (κ2) is 9.90. The molecule has 2 aromatic carbocycles. The van der Waals surface area contributed by atoms with Crippen LogP contribution >= 0.6 is 0 Å². The number of likely N-dealkylation sites (tertiary alicyclic amines) is 1. The lowest BCUT2D eigenvalue weighted by Crippen LogP contribution is -2.41. The number of nitrogens with one attached hydrogen (secondary N) is 1. The van der Waals surface area contributed by atoms with Gasteiger partial charge in [-0.1, -0.05) is 0 Å². The number of halogens is 2. The van der Waals surface area contributed by atoms with E-state index >= 15 is 0 Å². The fourth-order valence-electron chi connectivity index (χ4n) is 4.00. The van der Waals surface area contributed by atoms with E-state index in [9.17, 15) is 18.4 Å². The van der Waals surface area contributed by atoms with Crippen molar-refractivity contribution >= 4 is 23.2 Å². The van der Waals surface area contributed by atoms with E-state index in [1.165, 1.54) is 4.90 Å². The van der Waals surface area contributed by atoms with Gasteiger partial charge in [0.25, 0.3) is 5.91 Å². The number of nitrogens with zero attached hydrogens (tertiary/aromatic N) is 2. The summed E-state index contributed by atoms with van der Waals surface area (Å²) in [7, 11) is 0. The van der Waals surface area contributed by atoms with E-state index in [4.69, 9.17) is 0 Å². The van der Waals surface area contributed by atoms with Crippen molar-refractivity contribution in [2.45, 2.75) is 39.7 Å². The lowest BCUT2D eigenvalue weighted by molar-refractivity contribution is -0.121. The van der Waals surface area contributed by atoms with Crippen molar-refractivity contribution in [3.8, 4) is 0 Å². The molecule has 0 bridgehead atoms. The molecular weight excluding hydrogens is 400 g/mol. The summed E-state index contributed by atoms with van der Waals surface area (Å²) in [5, 5.41) is 2.95. The molecular formula is C24H29F2N3O2. The molecule has 0 radical (unpaired) electrons. The maximum absolute atomic E-state index is 13.9. The van der Waals surface area contributed by atoms with E-state index in [1.54, 1.807) is 0 Å². The number of hydrogen-bond donors (Lipinski definition) is 1. The molecule has 2 aromatic rings. The van der Waals surface area contributed by atoms with Crippen LogP contribution in [-0.4, -0.2) is 42.4 Å². The van der Waals surface area contributed by atoms with E-state index in [0.717, 1.165) is 30.1 Å².